The highest BCUT2D eigenvalue weighted by atomic mass is 19.1. The number of benzene rings is 2. The van der Waals surface area contributed by atoms with E-state index >= 15 is 0 Å². The third-order valence-electron chi connectivity index (χ3n) is 9.37. The van der Waals surface area contributed by atoms with E-state index in [0.29, 0.717) is 35.3 Å². The molecule has 39 heavy (non-hydrogen) atoms. The molecule has 1 saturated heterocycles. The van der Waals surface area contributed by atoms with Crippen LogP contribution in [0.5, 0.6) is 0 Å². The van der Waals surface area contributed by atoms with Crippen molar-refractivity contribution in [3.63, 3.8) is 0 Å². The van der Waals surface area contributed by atoms with Crippen molar-refractivity contribution in [1.29, 1.82) is 0 Å². The Morgan fingerprint density at radius 2 is 1.72 bits per heavy atom. The molecule has 6 rings (SSSR count). The fraction of sp³-hybridized carbons (Fsp3) is 0.548. The minimum atomic E-state index is -0.628. The maximum Gasteiger partial charge on any atom is 0.481 e. The summed E-state index contributed by atoms with van der Waals surface area (Å²) in [5, 5.41) is 6.14. The molecule has 4 aliphatic rings. The van der Waals surface area contributed by atoms with Gasteiger partial charge in [-0.2, -0.15) is 0 Å². The van der Waals surface area contributed by atoms with Gasteiger partial charge in [-0.25, -0.2) is 4.39 Å². The summed E-state index contributed by atoms with van der Waals surface area (Å²) in [6.07, 6.45) is 2.88. The molecule has 6 nitrogen and oxygen atoms in total. The Kier molecular flexibility index (Phi) is 7.64. The van der Waals surface area contributed by atoms with E-state index in [2.05, 4.69) is 45.3 Å². The molecule has 2 bridgehead atoms. The van der Waals surface area contributed by atoms with Gasteiger partial charge >= 0.3 is 7.12 Å². The molecule has 0 radical (unpaired) electrons. The van der Waals surface area contributed by atoms with Crippen LogP contribution >= 0.6 is 0 Å². The third-order valence-corrected chi connectivity index (χ3v) is 9.37. The number of rotatable bonds is 9. The van der Waals surface area contributed by atoms with Gasteiger partial charge in [-0.15, -0.1) is 0 Å². The summed E-state index contributed by atoms with van der Waals surface area (Å²) < 4.78 is 26.8. The van der Waals surface area contributed by atoms with E-state index in [-0.39, 0.29) is 47.1 Å². The Balaban J connectivity index is 1.30. The smallest absolute Gasteiger partial charge is 0.404 e. The van der Waals surface area contributed by atoms with Crippen LogP contribution in [0.15, 0.2) is 54.6 Å². The number of amides is 2. The van der Waals surface area contributed by atoms with Gasteiger partial charge in [0.25, 0.3) is 5.91 Å². The van der Waals surface area contributed by atoms with Crippen LogP contribution in [0, 0.1) is 29.0 Å². The normalized spacial score (nSPS) is 28.3. The second kappa shape index (κ2) is 10.7. The molecule has 3 aliphatic carbocycles. The average Bonchev–Trinajstić information content (AvgIpc) is 3.26. The third kappa shape index (κ3) is 5.51. The zero-order valence-electron chi connectivity index (χ0n) is 23.6. The van der Waals surface area contributed by atoms with Crippen LogP contribution in [-0.2, 0) is 14.1 Å². The maximum absolute atomic E-state index is 13.6. The lowest BCUT2D eigenvalue weighted by Gasteiger charge is -2.64. The molecule has 8 heteroatoms. The second-order valence-corrected chi connectivity index (χ2v) is 12.8. The summed E-state index contributed by atoms with van der Waals surface area (Å²) in [5.74, 6) is 0.182. The number of hydrogen-bond acceptors (Lipinski definition) is 4. The summed E-state index contributed by atoms with van der Waals surface area (Å²) in [6, 6.07) is 14.1. The molecular weight excluding hydrogens is 494 g/mol. The van der Waals surface area contributed by atoms with Crippen LogP contribution in [0.25, 0.3) is 0 Å². The molecule has 2 aromatic carbocycles. The number of nitrogens with one attached hydrogen (secondary N) is 2. The van der Waals surface area contributed by atoms with E-state index in [1.165, 1.54) is 12.1 Å². The summed E-state index contributed by atoms with van der Waals surface area (Å²) in [7, 11) is -0.523. The van der Waals surface area contributed by atoms with Crippen molar-refractivity contribution in [3.05, 3.63) is 71.5 Å². The van der Waals surface area contributed by atoms with Gasteiger partial charge < -0.3 is 19.9 Å². The molecule has 1 aliphatic heterocycles. The van der Waals surface area contributed by atoms with E-state index in [1.54, 1.807) is 36.4 Å². The molecule has 208 valence electrons. The molecule has 3 saturated carbocycles. The Bertz CT molecular complexity index is 1190. The summed E-state index contributed by atoms with van der Waals surface area (Å²) in [5.41, 5.74) is 1.03. The van der Waals surface area contributed by atoms with Crippen LogP contribution < -0.4 is 10.6 Å². The van der Waals surface area contributed by atoms with Crippen molar-refractivity contribution in [1.82, 2.24) is 10.6 Å². The minimum absolute atomic E-state index is 0.00392. The van der Waals surface area contributed by atoms with Crippen molar-refractivity contribution in [2.75, 3.05) is 0 Å². The van der Waals surface area contributed by atoms with E-state index in [4.69, 9.17) is 9.31 Å². The first-order valence-corrected chi connectivity index (χ1v) is 14.2. The predicted molar refractivity (Wildman–Crippen MR) is 149 cm³/mol. The zero-order chi connectivity index (χ0) is 27.9. The number of carbonyl (C=O) groups is 2. The van der Waals surface area contributed by atoms with E-state index in [1.807, 2.05) is 6.07 Å². The van der Waals surface area contributed by atoms with Gasteiger partial charge in [0.05, 0.1) is 30.1 Å². The summed E-state index contributed by atoms with van der Waals surface area (Å²) in [4.78, 5) is 26.4. The molecule has 1 heterocycles. The molecule has 2 N–H and O–H groups in total. The molecule has 0 spiro atoms. The topological polar surface area (TPSA) is 76.7 Å². The van der Waals surface area contributed by atoms with Crippen LogP contribution in [-0.4, -0.2) is 36.6 Å². The van der Waals surface area contributed by atoms with Gasteiger partial charge in [-0.3, -0.25) is 9.59 Å². The van der Waals surface area contributed by atoms with Gasteiger partial charge in [0, 0.05) is 5.56 Å². The van der Waals surface area contributed by atoms with Crippen molar-refractivity contribution in [3.8, 4) is 0 Å². The van der Waals surface area contributed by atoms with E-state index < -0.39 is 13.2 Å². The van der Waals surface area contributed by atoms with Gasteiger partial charge in [0.1, 0.15) is 5.82 Å². The van der Waals surface area contributed by atoms with Crippen LogP contribution in [0.2, 0.25) is 0 Å². The Morgan fingerprint density at radius 3 is 2.36 bits per heavy atom. The molecule has 6 atom stereocenters. The number of carbonyl (C=O) groups excluding carboxylic acids is 2. The molecule has 1 unspecified atom stereocenters. The highest BCUT2D eigenvalue weighted by molar-refractivity contribution is 6.47. The van der Waals surface area contributed by atoms with Crippen molar-refractivity contribution in [2.24, 2.45) is 23.2 Å². The van der Waals surface area contributed by atoms with Crippen molar-refractivity contribution >= 4 is 18.9 Å². The van der Waals surface area contributed by atoms with Gasteiger partial charge in [0.15, 0.2) is 0 Å². The largest absolute Gasteiger partial charge is 0.481 e. The van der Waals surface area contributed by atoms with E-state index in [0.717, 1.165) is 12.8 Å². The Labute approximate surface area is 231 Å². The fourth-order valence-corrected chi connectivity index (χ4v) is 7.05. The highest BCUT2D eigenvalue weighted by Gasteiger charge is 2.68. The van der Waals surface area contributed by atoms with Crippen molar-refractivity contribution in [2.45, 2.75) is 84.0 Å². The first kappa shape index (κ1) is 27.8. The zero-order valence-corrected chi connectivity index (χ0v) is 23.6. The predicted octanol–water partition coefficient (Wildman–Crippen LogP) is 5.49. The lowest BCUT2D eigenvalue weighted by molar-refractivity contribution is -0.199. The lowest BCUT2D eigenvalue weighted by Crippen LogP contribution is -2.65. The first-order chi connectivity index (χ1) is 18.5. The molecular formula is C31H40BFN2O4. The molecule has 4 fully saturated rings. The maximum atomic E-state index is 13.6. The Hall–Kier alpha value is -2.71. The fourth-order valence-electron chi connectivity index (χ4n) is 7.05. The van der Waals surface area contributed by atoms with Crippen LogP contribution in [0.1, 0.15) is 82.3 Å². The average molecular weight is 534 g/mol. The summed E-state index contributed by atoms with van der Waals surface area (Å²) >= 11 is 0. The second-order valence-electron chi connectivity index (χ2n) is 12.8. The van der Waals surface area contributed by atoms with Gasteiger partial charge in [-0.05, 0) is 79.2 Å². The lowest BCUT2D eigenvalue weighted by atomic mass is 9.43. The molecule has 2 aromatic rings. The number of hydrogen-bond donors (Lipinski definition) is 2. The SMILES string of the molecule is CC(C)C[C@H](NC(=O)CC(NC(=O)c1ccccc1)c1ccc(F)cc1)B1O[C@@H]2C[C@@H]3C[C@@H](C3(C)C)[C@]2(C)O1. The Morgan fingerprint density at radius 1 is 1.03 bits per heavy atom. The summed E-state index contributed by atoms with van der Waals surface area (Å²) in [6.45, 7) is 11.1. The van der Waals surface area contributed by atoms with E-state index in [9.17, 15) is 14.0 Å². The standard InChI is InChI=1S/C31H40BFN2O4/c1-19(2)15-27(32-38-26-17-22-16-25(30(22,3)4)31(26,5)39-32)35-28(36)18-24(20-11-13-23(33)14-12-20)34-29(37)21-9-7-6-8-10-21/h6-14,19,22,24-27H,15-18H2,1-5H3,(H,34,37)(H,35,36)/t22-,24?,25-,26+,27-,31-/m0/s1. The van der Waals surface area contributed by atoms with Gasteiger partial charge in [0.2, 0.25) is 5.91 Å². The molecule has 2 amide bonds. The highest BCUT2D eigenvalue weighted by Crippen LogP contribution is 2.65. The van der Waals surface area contributed by atoms with Crippen LogP contribution in [0.3, 0.4) is 0 Å². The minimum Gasteiger partial charge on any atom is -0.404 e. The monoisotopic (exact) mass is 534 g/mol. The van der Waals surface area contributed by atoms with Gasteiger partial charge in [-0.1, -0.05) is 58.0 Å². The first-order valence-electron chi connectivity index (χ1n) is 14.2. The quantitative estimate of drug-likeness (QED) is 0.418. The van der Waals surface area contributed by atoms with Crippen LogP contribution in [0.4, 0.5) is 4.39 Å². The molecule has 0 aromatic heterocycles. The number of halogens is 1. The van der Waals surface area contributed by atoms with Crippen molar-refractivity contribution < 1.29 is 23.3 Å².